The number of nitrogens with zero attached hydrogens (tertiary/aromatic N) is 2. The van der Waals surface area contributed by atoms with Crippen LogP contribution in [0.5, 0.6) is 0 Å². The SMILES string of the molecule is CN(C)C(CCc1ccccc1)=NCc1ccccc1. The van der Waals surface area contributed by atoms with Gasteiger partial charge in [-0.25, -0.2) is 0 Å². The lowest BCUT2D eigenvalue weighted by atomic mass is 10.1. The van der Waals surface area contributed by atoms with Crippen LogP contribution in [0.1, 0.15) is 17.5 Å². The van der Waals surface area contributed by atoms with E-state index in [1.807, 2.05) is 6.07 Å². The second-order valence-electron chi connectivity index (χ2n) is 5.10. The van der Waals surface area contributed by atoms with Crippen LogP contribution < -0.4 is 0 Å². The van der Waals surface area contributed by atoms with Gasteiger partial charge in [-0.3, -0.25) is 4.99 Å². The van der Waals surface area contributed by atoms with Gasteiger partial charge in [0.05, 0.1) is 12.4 Å². The molecule has 0 saturated heterocycles. The van der Waals surface area contributed by atoms with E-state index in [1.54, 1.807) is 0 Å². The van der Waals surface area contributed by atoms with E-state index in [1.165, 1.54) is 11.1 Å². The van der Waals surface area contributed by atoms with Crippen molar-refractivity contribution in [1.82, 2.24) is 4.90 Å². The van der Waals surface area contributed by atoms with Gasteiger partial charge in [-0.1, -0.05) is 60.7 Å². The van der Waals surface area contributed by atoms with Crippen molar-refractivity contribution in [2.45, 2.75) is 19.4 Å². The third-order valence-electron chi connectivity index (χ3n) is 3.28. The summed E-state index contributed by atoms with van der Waals surface area (Å²) in [5.74, 6) is 1.15. The van der Waals surface area contributed by atoms with Crippen molar-refractivity contribution in [3.63, 3.8) is 0 Å². The zero-order valence-corrected chi connectivity index (χ0v) is 12.3. The van der Waals surface area contributed by atoms with Gasteiger partial charge >= 0.3 is 0 Å². The number of hydrogen-bond acceptors (Lipinski definition) is 1. The van der Waals surface area contributed by atoms with Crippen molar-refractivity contribution in [1.29, 1.82) is 0 Å². The van der Waals surface area contributed by atoms with Gasteiger partial charge in [-0.2, -0.15) is 0 Å². The predicted molar refractivity (Wildman–Crippen MR) is 86.0 cm³/mol. The summed E-state index contributed by atoms with van der Waals surface area (Å²) < 4.78 is 0. The molecule has 0 aromatic heterocycles. The fourth-order valence-electron chi connectivity index (χ4n) is 2.11. The summed E-state index contributed by atoms with van der Waals surface area (Å²) in [5, 5.41) is 0. The van der Waals surface area contributed by atoms with Crippen molar-refractivity contribution in [3.8, 4) is 0 Å². The highest BCUT2D eigenvalue weighted by molar-refractivity contribution is 5.82. The molecule has 0 amide bonds. The Morgan fingerprint density at radius 1 is 0.850 bits per heavy atom. The molecule has 0 aliphatic heterocycles. The average Bonchev–Trinajstić information content (AvgIpc) is 2.49. The minimum absolute atomic E-state index is 0.753. The van der Waals surface area contributed by atoms with Gasteiger partial charge in [-0.05, 0) is 17.5 Å². The van der Waals surface area contributed by atoms with E-state index in [4.69, 9.17) is 4.99 Å². The minimum Gasteiger partial charge on any atom is -0.366 e. The number of hydrogen-bond donors (Lipinski definition) is 0. The van der Waals surface area contributed by atoms with Gasteiger partial charge in [-0.15, -0.1) is 0 Å². The molecule has 2 nitrogen and oxygen atoms in total. The summed E-state index contributed by atoms with van der Waals surface area (Å²) in [4.78, 5) is 6.87. The minimum atomic E-state index is 0.753. The average molecular weight is 266 g/mol. The number of rotatable bonds is 5. The highest BCUT2D eigenvalue weighted by Gasteiger charge is 2.03. The molecule has 0 aliphatic carbocycles. The summed E-state index contributed by atoms with van der Waals surface area (Å²) in [6.45, 7) is 0.753. The monoisotopic (exact) mass is 266 g/mol. The van der Waals surface area contributed by atoms with Crippen LogP contribution in [0.2, 0.25) is 0 Å². The third kappa shape index (κ3) is 4.54. The van der Waals surface area contributed by atoms with E-state index >= 15 is 0 Å². The molecule has 0 spiro atoms. The van der Waals surface area contributed by atoms with E-state index in [9.17, 15) is 0 Å². The topological polar surface area (TPSA) is 15.6 Å². The summed E-state index contributed by atoms with van der Waals surface area (Å²) in [6.07, 6.45) is 2.01. The van der Waals surface area contributed by atoms with Gasteiger partial charge in [0.1, 0.15) is 0 Å². The molecule has 2 rings (SSSR count). The molecule has 0 saturated carbocycles. The fourth-order valence-corrected chi connectivity index (χ4v) is 2.11. The van der Waals surface area contributed by atoms with Crippen molar-refractivity contribution < 1.29 is 0 Å². The van der Waals surface area contributed by atoms with Crippen molar-refractivity contribution >= 4 is 5.84 Å². The Morgan fingerprint density at radius 3 is 1.95 bits per heavy atom. The second-order valence-corrected chi connectivity index (χ2v) is 5.10. The van der Waals surface area contributed by atoms with Crippen LogP contribution in [0, 0.1) is 0 Å². The van der Waals surface area contributed by atoms with E-state index < -0.39 is 0 Å². The molecule has 2 aromatic carbocycles. The Morgan fingerprint density at radius 2 is 1.40 bits per heavy atom. The molecule has 104 valence electrons. The van der Waals surface area contributed by atoms with Crippen LogP contribution >= 0.6 is 0 Å². The Hall–Kier alpha value is -2.09. The highest BCUT2D eigenvalue weighted by Crippen LogP contribution is 2.07. The lowest BCUT2D eigenvalue weighted by Crippen LogP contribution is -2.22. The molecule has 0 bridgehead atoms. The zero-order chi connectivity index (χ0) is 14.2. The molecule has 0 atom stereocenters. The molecule has 0 N–H and O–H groups in total. The molecule has 0 heterocycles. The van der Waals surface area contributed by atoms with E-state index in [2.05, 4.69) is 73.6 Å². The maximum atomic E-state index is 4.75. The van der Waals surface area contributed by atoms with E-state index in [-0.39, 0.29) is 0 Å². The first-order valence-corrected chi connectivity index (χ1v) is 7.04. The molecule has 2 heteroatoms. The van der Waals surface area contributed by atoms with Crippen molar-refractivity contribution in [2.75, 3.05) is 14.1 Å². The zero-order valence-electron chi connectivity index (χ0n) is 12.3. The van der Waals surface area contributed by atoms with Gasteiger partial charge in [0.25, 0.3) is 0 Å². The summed E-state index contributed by atoms with van der Waals surface area (Å²) in [5.41, 5.74) is 2.62. The standard InChI is InChI=1S/C18H22N2/c1-20(2)18(14-13-16-9-5-3-6-10-16)19-15-17-11-7-4-8-12-17/h3-12H,13-15H2,1-2H3. The number of aliphatic imine (C=N–C) groups is 1. The van der Waals surface area contributed by atoms with Crippen LogP contribution in [-0.4, -0.2) is 24.8 Å². The van der Waals surface area contributed by atoms with E-state index in [0.717, 1.165) is 25.2 Å². The fraction of sp³-hybridized carbons (Fsp3) is 0.278. The summed E-state index contributed by atoms with van der Waals surface area (Å²) >= 11 is 0. The third-order valence-corrected chi connectivity index (χ3v) is 3.28. The molecular weight excluding hydrogens is 244 g/mol. The molecule has 2 aromatic rings. The van der Waals surface area contributed by atoms with E-state index in [0.29, 0.717) is 0 Å². The largest absolute Gasteiger partial charge is 0.366 e. The molecular formula is C18H22N2. The lowest BCUT2D eigenvalue weighted by molar-refractivity contribution is 0.596. The summed E-state index contributed by atoms with van der Waals surface area (Å²) in [6, 6.07) is 21.0. The van der Waals surface area contributed by atoms with Crippen LogP contribution in [0.3, 0.4) is 0 Å². The molecule has 20 heavy (non-hydrogen) atoms. The van der Waals surface area contributed by atoms with Crippen LogP contribution in [0.25, 0.3) is 0 Å². The van der Waals surface area contributed by atoms with Gasteiger partial charge in [0, 0.05) is 20.5 Å². The Bertz CT molecular complexity index is 530. The lowest BCUT2D eigenvalue weighted by Gasteiger charge is -2.16. The number of amidine groups is 1. The molecule has 0 unspecified atom stereocenters. The molecule has 0 fully saturated rings. The van der Waals surface area contributed by atoms with Gasteiger partial charge in [0.2, 0.25) is 0 Å². The van der Waals surface area contributed by atoms with Gasteiger partial charge < -0.3 is 4.90 Å². The normalized spacial score (nSPS) is 11.4. The predicted octanol–water partition coefficient (Wildman–Crippen LogP) is 3.78. The summed E-state index contributed by atoms with van der Waals surface area (Å²) in [7, 11) is 4.13. The van der Waals surface area contributed by atoms with Gasteiger partial charge in [0.15, 0.2) is 0 Å². The highest BCUT2D eigenvalue weighted by atomic mass is 15.1. The molecule has 0 aliphatic rings. The Kier molecular flexibility index (Phi) is 5.36. The first-order chi connectivity index (χ1) is 9.75. The first-order valence-electron chi connectivity index (χ1n) is 7.04. The molecule has 0 radical (unpaired) electrons. The van der Waals surface area contributed by atoms with Crippen LogP contribution in [-0.2, 0) is 13.0 Å². The second kappa shape index (κ2) is 7.49. The maximum Gasteiger partial charge on any atom is 0.0991 e. The maximum absolute atomic E-state index is 4.75. The van der Waals surface area contributed by atoms with Crippen LogP contribution in [0.4, 0.5) is 0 Å². The smallest absolute Gasteiger partial charge is 0.0991 e. The van der Waals surface area contributed by atoms with Crippen molar-refractivity contribution in [3.05, 3.63) is 71.8 Å². The Labute approximate surface area is 121 Å². The van der Waals surface area contributed by atoms with Crippen LogP contribution in [0.15, 0.2) is 65.7 Å². The first kappa shape index (κ1) is 14.3. The number of aryl methyl sites for hydroxylation is 1. The Balaban J connectivity index is 1.96. The number of benzene rings is 2. The quantitative estimate of drug-likeness (QED) is 0.594. The van der Waals surface area contributed by atoms with Crippen molar-refractivity contribution in [2.24, 2.45) is 4.99 Å².